The number of para-hydroxylation sites is 1. The summed E-state index contributed by atoms with van der Waals surface area (Å²) in [4.78, 5) is 33.4. The van der Waals surface area contributed by atoms with Crippen LogP contribution in [0.5, 0.6) is 5.75 Å². The van der Waals surface area contributed by atoms with Gasteiger partial charge in [-0.25, -0.2) is 4.90 Å². The number of methoxy groups -OCH3 is 1. The lowest BCUT2D eigenvalue weighted by molar-refractivity contribution is -0.125. The number of rotatable bonds is 3. The van der Waals surface area contributed by atoms with Gasteiger partial charge in [-0.15, -0.1) is 0 Å². The Labute approximate surface area is 166 Å². The van der Waals surface area contributed by atoms with Crippen LogP contribution in [0.2, 0.25) is 0 Å². The van der Waals surface area contributed by atoms with Gasteiger partial charge in [0.25, 0.3) is 0 Å². The average molecular weight is 390 g/mol. The van der Waals surface area contributed by atoms with E-state index >= 15 is 0 Å². The van der Waals surface area contributed by atoms with Crippen molar-refractivity contribution in [3.63, 3.8) is 0 Å². The SMILES string of the molecule is COc1ccc(C2=NO[C@H]3[C@H]4O[C@@H]([C@@H]23)[C@@H]2C(=O)N(c3ccccc3)C(=O)[C@H]42)cc1. The van der Waals surface area contributed by atoms with Gasteiger partial charge in [0.15, 0.2) is 6.10 Å². The first-order valence-corrected chi connectivity index (χ1v) is 9.65. The van der Waals surface area contributed by atoms with E-state index in [1.807, 2.05) is 42.5 Å². The van der Waals surface area contributed by atoms with Gasteiger partial charge in [-0.3, -0.25) is 9.59 Å². The molecule has 6 atom stereocenters. The molecule has 2 amide bonds. The summed E-state index contributed by atoms with van der Waals surface area (Å²) in [5.41, 5.74) is 2.27. The predicted octanol–water partition coefficient (Wildman–Crippen LogP) is 2.00. The first-order valence-electron chi connectivity index (χ1n) is 9.65. The van der Waals surface area contributed by atoms with E-state index in [2.05, 4.69) is 5.16 Å². The Morgan fingerprint density at radius 2 is 1.55 bits per heavy atom. The molecule has 146 valence electrons. The molecule has 29 heavy (non-hydrogen) atoms. The minimum absolute atomic E-state index is 0.165. The molecule has 2 aromatic rings. The Morgan fingerprint density at radius 3 is 2.24 bits per heavy atom. The first kappa shape index (κ1) is 16.7. The lowest BCUT2D eigenvalue weighted by Crippen LogP contribution is -2.45. The third kappa shape index (κ3) is 2.13. The van der Waals surface area contributed by atoms with Gasteiger partial charge < -0.3 is 14.3 Å². The molecule has 0 aromatic heterocycles. The van der Waals surface area contributed by atoms with Gasteiger partial charge in [0, 0.05) is 5.56 Å². The molecule has 4 heterocycles. The molecule has 0 spiro atoms. The number of amides is 2. The van der Waals surface area contributed by atoms with Gasteiger partial charge in [-0.2, -0.15) is 0 Å². The summed E-state index contributed by atoms with van der Waals surface area (Å²) in [6.45, 7) is 0. The second-order valence-corrected chi connectivity index (χ2v) is 7.77. The van der Waals surface area contributed by atoms with Gasteiger partial charge in [-0.1, -0.05) is 23.4 Å². The van der Waals surface area contributed by atoms with Crippen molar-refractivity contribution in [3.05, 3.63) is 60.2 Å². The average Bonchev–Trinajstić information content (AvgIpc) is 3.49. The maximum Gasteiger partial charge on any atom is 0.240 e. The largest absolute Gasteiger partial charge is 0.497 e. The van der Waals surface area contributed by atoms with Crippen molar-refractivity contribution in [3.8, 4) is 5.75 Å². The highest BCUT2D eigenvalue weighted by Crippen LogP contribution is 2.55. The first-order chi connectivity index (χ1) is 14.2. The molecular formula is C22H18N2O5. The number of hydrogen-bond acceptors (Lipinski definition) is 6. The van der Waals surface area contributed by atoms with Crippen molar-refractivity contribution < 1.29 is 23.9 Å². The van der Waals surface area contributed by atoms with Crippen molar-refractivity contribution in [1.29, 1.82) is 0 Å². The molecule has 3 saturated heterocycles. The number of fused-ring (bicyclic) bond motifs is 8. The Bertz CT molecular complexity index is 1030. The number of oxime groups is 1. The molecule has 7 heteroatoms. The van der Waals surface area contributed by atoms with E-state index in [4.69, 9.17) is 14.3 Å². The fourth-order valence-corrected chi connectivity index (χ4v) is 5.19. The number of imide groups is 1. The molecule has 0 N–H and O–H groups in total. The standard InChI is InChI=1S/C22H18N2O5/c1-27-13-9-7-11(8-10-13)17-16-18-14-15(19(28-18)20(16)29-23-17)22(26)24(21(14)25)12-5-3-2-4-6-12/h2-10,14-16,18-20H,1H3/t14-,15+,16-,18-,19+,20-/m1/s1. The molecule has 0 aliphatic carbocycles. The van der Waals surface area contributed by atoms with Crippen LogP contribution in [0.15, 0.2) is 59.8 Å². The topological polar surface area (TPSA) is 77.4 Å². The molecule has 4 aliphatic heterocycles. The number of nitrogens with zero attached hydrogens (tertiary/aromatic N) is 2. The summed E-state index contributed by atoms with van der Waals surface area (Å²) in [6.07, 6.45) is -1.21. The van der Waals surface area contributed by atoms with Crippen LogP contribution in [0.4, 0.5) is 5.69 Å². The van der Waals surface area contributed by atoms with Crippen LogP contribution >= 0.6 is 0 Å². The molecule has 2 bridgehead atoms. The fraction of sp³-hybridized carbons (Fsp3) is 0.318. The van der Waals surface area contributed by atoms with E-state index in [-0.39, 0.29) is 23.8 Å². The Hall–Kier alpha value is -3.19. The second kappa shape index (κ2) is 5.90. The maximum atomic E-state index is 13.2. The Morgan fingerprint density at radius 1 is 0.862 bits per heavy atom. The summed E-state index contributed by atoms with van der Waals surface area (Å²) >= 11 is 0. The summed E-state index contributed by atoms with van der Waals surface area (Å²) in [5.74, 6) is -0.832. The number of benzene rings is 2. The number of ether oxygens (including phenoxy) is 2. The quantitative estimate of drug-likeness (QED) is 0.750. The second-order valence-electron chi connectivity index (χ2n) is 7.77. The zero-order valence-electron chi connectivity index (χ0n) is 15.6. The smallest absolute Gasteiger partial charge is 0.240 e. The van der Waals surface area contributed by atoms with Gasteiger partial charge >= 0.3 is 0 Å². The molecule has 4 aliphatic rings. The number of anilines is 1. The molecule has 0 radical (unpaired) electrons. The Kier molecular flexibility index (Phi) is 3.41. The predicted molar refractivity (Wildman–Crippen MR) is 102 cm³/mol. The zero-order chi connectivity index (χ0) is 19.7. The van der Waals surface area contributed by atoms with Crippen LogP contribution in [-0.4, -0.2) is 42.9 Å². The van der Waals surface area contributed by atoms with Crippen molar-refractivity contribution in [2.45, 2.75) is 18.3 Å². The monoisotopic (exact) mass is 390 g/mol. The van der Waals surface area contributed by atoms with Crippen LogP contribution in [0, 0.1) is 17.8 Å². The van der Waals surface area contributed by atoms with E-state index in [1.165, 1.54) is 4.90 Å². The highest BCUT2D eigenvalue weighted by atomic mass is 16.7. The minimum Gasteiger partial charge on any atom is -0.497 e. The fourth-order valence-electron chi connectivity index (χ4n) is 5.19. The summed E-state index contributed by atoms with van der Waals surface area (Å²) < 4.78 is 11.3. The van der Waals surface area contributed by atoms with E-state index in [0.717, 1.165) is 17.0 Å². The van der Waals surface area contributed by atoms with E-state index in [1.54, 1.807) is 19.2 Å². The molecule has 7 nitrogen and oxygen atoms in total. The highest BCUT2D eigenvalue weighted by Gasteiger charge is 2.72. The van der Waals surface area contributed by atoms with E-state index in [9.17, 15) is 9.59 Å². The third-order valence-corrected chi connectivity index (χ3v) is 6.44. The maximum absolute atomic E-state index is 13.2. The number of hydrogen-bond donors (Lipinski definition) is 0. The third-order valence-electron chi connectivity index (χ3n) is 6.44. The van der Waals surface area contributed by atoms with Crippen LogP contribution < -0.4 is 9.64 Å². The van der Waals surface area contributed by atoms with Gasteiger partial charge in [0.1, 0.15) is 11.9 Å². The highest BCUT2D eigenvalue weighted by molar-refractivity contribution is 6.23. The summed E-state index contributed by atoms with van der Waals surface area (Å²) in [5, 5.41) is 4.30. The number of carbonyl (C=O) groups is 2. The van der Waals surface area contributed by atoms with Gasteiger partial charge in [-0.05, 0) is 36.4 Å². The summed E-state index contributed by atoms with van der Waals surface area (Å²) in [6, 6.07) is 16.6. The zero-order valence-corrected chi connectivity index (χ0v) is 15.6. The molecular weight excluding hydrogens is 372 g/mol. The van der Waals surface area contributed by atoms with Crippen molar-refractivity contribution >= 4 is 23.2 Å². The summed E-state index contributed by atoms with van der Waals surface area (Å²) in [7, 11) is 1.62. The van der Waals surface area contributed by atoms with Crippen molar-refractivity contribution in [1.82, 2.24) is 0 Å². The van der Waals surface area contributed by atoms with E-state index < -0.39 is 24.0 Å². The normalized spacial score (nSPS) is 34.1. The lowest BCUT2D eigenvalue weighted by atomic mass is 9.71. The van der Waals surface area contributed by atoms with E-state index in [0.29, 0.717) is 5.69 Å². The van der Waals surface area contributed by atoms with Gasteiger partial charge in [0.2, 0.25) is 11.8 Å². The van der Waals surface area contributed by atoms with Crippen molar-refractivity contribution in [2.75, 3.05) is 12.0 Å². The molecule has 6 rings (SSSR count). The molecule has 2 aromatic carbocycles. The minimum atomic E-state index is -0.514. The van der Waals surface area contributed by atoms with Crippen LogP contribution in [-0.2, 0) is 19.2 Å². The number of carbonyl (C=O) groups excluding carboxylic acids is 2. The molecule has 0 unspecified atom stereocenters. The van der Waals surface area contributed by atoms with Gasteiger partial charge in [0.05, 0.1) is 42.4 Å². The Balaban J connectivity index is 1.34. The van der Waals surface area contributed by atoms with Crippen LogP contribution in [0.3, 0.4) is 0 Å². The van der Waals surface area contributed by atoms with Crippen molar-refractivity contribution in [2.24, 2.45) is 22.9 Å². The lowest BCUT2D eigenvalue weighted by Gasteiger charge is -2.26. The molecule has 0 saturated carbocycles. The molecule has 3 fully saturated rings. The van der Waals surface area contributed by atoms with Crippen LogP contribution in [0.1, 0.15) is 5.56 Å². The van der Waals surface area contributed by atoms with Crippen LogP contribution in [0.25, 0.3) is 0 Å².